The van der Waals surface area contributed by atoms with Gasteiger partial charge in [-0.25, -0.2) is 22.0 Å². The Morgan fingerprint density at radius 1 is 0.571 bits per heavy atom. The first-order valence-corrected chi connectivity index (χ1v) is 7.96. The molecule has 0 spiro atoms. The third kappa shape index (κ3) is 1.92. The fourth-order valence-electron chi connectivity index (χ4n) is 4.15. The molecule has 0 radical (unpaired) electrons. The lowest BCUT2D eigenvalue weighted by atomic mass is 9.41. The van der Waals surface area contributed by atoms with E-state index in [2.05, 4.69) is 0 Å². The Morgan fingerprint density at radius 3 is 1.29 bits per heavy atom. The van der Waals surface area contributed by atoms with Gasteiger partial charge in [0.2, 0.25) is 5.78 Å². The normalized spacial score (nSPS) is 47.0. The van der Waals surface area contributed by atoms with Crippen molar-refractivity contribution in [3.8, 4) is 0 Å². The van der Waals surface area contributed by atoms with E-state index in [0.717, 1.165) is 0 Å². The zero-order valence-corrected chi connectivity index (χ0v) is 15.0. The first kappa shape index (κ1) is 27.9. The molecule has 2 N–H and O–H groups in total. The predicted molar refractivity (Wildman–Crippen MR) is 63.2 cm³/mol. The molecule has 0 amide bonds. The van der Waals surface area contributed by atoms with Gasteiger partial charge >= 0.3 is 70.3 Å². The molecule has 0 aromatic heterocycles. The Kier molecular flexibility index (Phi) is 4.56. The van der Waals surface area contributed by atoms with Crippen LogP contribution in [0.4, 0.5) is 79.0 Å². The summed E-state index contributed by atoms with van der Waals surface area (Å²) in [5.74, 6) is -53.1. The van der Waals surface area contributed by atoms with Gasteiger partial charge in [0.25, 0.3) is 0 Å². The molecule has 0 heterocycles. The highest BCUT2D eigenvalue weighted by molar-refractivity contribution is 6.04. The number of ketones is 1. The van der Waals surface area contributed by atoms with E-state index in [0.29, 0.717) is 0 Å². The summed E-state index contributed by atoms with van der Waals surface area (Å²) in [7, 11) is 0. The zero-order valence-electron chi connectivity index (χ0n) is 15.0. The Labute approximate surface area is 176 Å². The van der Waals surface area contributed by atoms with E-state index in [9.17, 15) is 79.4 Å². The molecule has 4 bridgehead atoms. The average Bonchev–Trinajstić information content (AvgIpc) is 2.65. The molecule has 0 aromatic rings. The number of hydrogen-bond acceptors (Lipinski definition) is 4. The maximum absolute atomic E-state index is 15.1. The van der Waals surface area contributed by atoms with Crippen LogP contribution in [0.25, 0.3) is 0 Å². The van der Waals surface area contributed by atoms with Crippen molar-refractivity contribution in [2.75, 3.05) is 0 Å². The van der Waals surface area contributed by atoms with Gasteiger partial charge in [-0.3, -0.25) is 9.53 Å². The van der Waals surface area contributed by atoms with Gasteiger partial charge in [0.1, 0.15) is 0 Å². The topological polar surface area (TPSA) is 66.8 Å². The Balaban J connectivity index is 2.54. The Hall–Kier alpha value is -1.71. The number of Topliss-reactive ketones (excluding diaryl/α,β-unsaturated/α-hetero) is 1. The lowest BCUT2D eigenvalue weighted by Crippen LogP contribution is -3.07. The zero-order chi connectivity index (χ0) is 28.3. The highest BCUT2D eigenvalue weighted by Gasteiger charge is 3.20. The van der Waals surface area contributed by atoms with Crippen molar-refractivity contribution in [3.05, 3.63) is 0 Å². The Bertz CT molecular complexity index is 1000. The SMILES string of the molecule is O=C1C2(F)C(F)(F)C3(F)C(F)(F)C1(F)C(F)(OC(F)(F)C(O)(F)C(O)(F)F)C(F)(C2(F)F)C3(F)F. The van der Waals surface area contributed by atoms with Crippen LogP contribution in [0.3, 0.4) is 0 Å². The fraction of sp³-hybridized carbons (Fsp3) is 0.923. The van der Waals surface area contributed by atoms with E-state index >= 15 is 4.39 Å². The number of alkyl halides is 18. The minimum atomic E-state index is -8.33. The maximum Gasteiger partial charge on any atom is 0.426 e. The molecular weight excluding hydrogens is 562 g/mol. The van der Waals surface area contributed by atoms with E-state index < -0.39 is 76.1 Å². The second kappa shape index (κ2) is 5.73. The van der Waals surface area contributed by atoms with Crippen LogP contribution in [0.2, 0.25) is 0 Å². The van der Waals surface area contributed by atoms with E-state index in [1.54, 1.807) is 4.74 Å². The van der Waals surface area contributed by atoms with Gasteiger partial charge in [-0.05, 0) is 0 Å². The average molecular weight is 564 g/mol. The van der Waals surface area contributed by atoms with Crippen LogP contribution in [0.5, 0.6) is 0 Å². The largest absolute Gasteiger partial charge is 0.426 e. The maximum atomic E-state index is 15.1. The molecule has 4 rings (SSSR count). The molecular formula is C13H2F18O4. The van der Waals surface area contributed by atoms with Crippen LogP contribution >= 0.6 is 0 Å². The molecule has 4 aliphatic carbocycles. The number of carbonyl (C=O) groups excluding carboxylic acids is 1. The van der Waals surface area contributed by atoms with Gasteiger partial charge in [-0.2, -0.15) is 57.1 Å². The summed E-state index contributed by atoms with van der Waals surface area (Å²) in [6.45, 7) is 0. The van der Waals surface area contributed by atoms with Crippen molar-refractivity contribution in [1.82, 2.24) is 0 Å². The van der Waals surface area contributed by atoms with Crippen LogP contribution in [-0.2, 0) is 9.53 Å². The molecule has 4 saturated carbocycles. The van der Waals surface area contributed by atoms with Gasteiger partial charge in [0.15, 0.2) is 0 Å². The van der Waals surface area contributed by atoms with Crippen molar-refractivity contribution in [1.29, 1.82) is 0 Å². The third-order valence-electron chi connectivity index (χ3n) is 6.03. The molecule has 0 aromatic carbocycles. The minimum Gasteiger partial charge on any atom is -0.348 e. The van der Waals surface area contributed by atoms with Crippen LogP contribution in [0.1, 0.15) is 0 Å². The number of halogens is 18. The summed E-state index contributed by atoms with van der Waals surface area (Å²) in [5, 5.41) is 16.1. The molecule has 0 aliphatic heterocycles. The quantitative estimate of drug-likeness (QED) is 0.514. The predicted octanol–water partition coefficient (Wildman–Crippen LogP) is 3.49. The smallest absolute Gasteiger partial charge is 0.348 e. The molecule has 204 valence electrons. The summed E-state index contributed by atoms with van der Waals surface area (Å²) in [6, 6.07) is 0. The molecule has 6 atom stereocenters. The third-order valence-corrected chi connectivity index (χ3v) is 6.03. The van der Waals surface area contributed by atoms with Crippen molar-refractivity contribution in [3.63, 3.8) is 0 Å². The van der Waals surface area contributed by atoms with Crippen LogP contribution in [0, 0.1) is 0 Å². The second-order valence-corrected chi connectivity index (χ2v) is 7.64. The highest BCUT2D eigenvalue weighted by atomic mass is 19.3. The fourth-order valence-corrected chi connectivity index (χ4v) is 4.15. The van der Waals surface area contributed by atoms with Crippen LogP contribution in [0.15, 0.2) is 0 Å². The summed E-state index contributed by atoms with van der Waals surface area (Å²) >= 11 is 0. The monoisotopic (exact) mass is 564 g/mol. The molecule has 4 aliphatic rings. The van der Waals surface area contributed by atoms with Gasteiger partial charge in [0.05, 0.1) is 0 Å². The van der Waals surface area contributed by atoms with E-state index in [4.69, 9.17) is 10.2 Å². The minimum absolute atomic E-state index is 1.68. The molecule has 6 unspecified atom stereocenters. The van der Waals surface area contributed by atoms with Gasteiger partial charge < -0.3 is 10.2 Å². The summed E-state index contributed by atoms with van der Waals surface area (Å²) in [4.78, 5) is 11.6. The molecule has 4 nitrogen and oxygen atoms in total. The van der Waals surface area contributed by atoms with Crippen LogP contribution < -0.4 is 0 Å². The first-order valence-electron chi connectivity index (χ1n) is 7.96. The summed E-state index contributed by atoms with van der Waals surface area (Å²) < 4.78 is 255. The van der Waals surface area contributed by atoms with E-state index in [1.807, 2.05) is 0 Å². The van der Waals surface area contributed by atoms with Gasteiger partial charge in [-0.1, -0.05) is 0 Å². The van der Waals surface area contributed by atoms with Gasteiger partial charge in [-0.15, -0.1) is 0 Å². The van der Waals surface area contributed by atoms with E-state index in [1.165, 1.54) is 0 Å². The first-order chi connectivity index (χ1) is 14.9. The van der Waals surface area contributed by atoms with Crippen molar-refractivity contribution in [2.24, 2.45) is 0 Å². The van der Waals surface area contributed by atoms with Crippen molar-refractivity contribution >= 4 is 5.78 Å². The van der Waals surface area contributed by atoms with E-state index in [-0.39, 0.29) is 0 Å². The standard InChI is InChI=1S/C13H2F18O4/c14-2-1(32)3(15)8(22,23)4(16,6(2,18)19)9(24,25)5(17,7(2,20)21)11(3,27)35-13(30,31)10(26,33)12(28,29)34/h33-34H. The highest BCUT2D eigenvalue weighted by Crippen LogP contribution is 2.85. The molecule has 4 fully saturated rings. The second-order valence-electron chi connectivity index (χ2n) is 7.64. The number of aliphatic hydroxyl groups is 2. The van der Waals surface area contributed by atoms with Gasteiger partial charge in [0, 0.05) is 0 Å². The van der Waals surface area contributed by atoms with Crippen molar-refractivity contribution < 1.29 is 98.8 Å². The van der Waals surface area contributed by atoms with Crippen LogP contribution in [-0.4, -0.2) is 86.3 Å². The van der Waals surface area contributed by atoms with Crippen molar-refractivity contribution in [2.45, 2.75) is 70.3 Å². The molecule has 35 heavy (non-hydrogen) atoms. The summed E-state index contributed by atoms with van der Waals surface area (Å²) in [5.41, 5.74) is -31.7. The Morgan fingerprint density at radius 2 is 0.914 bits per heavy atom. The number of hydrogen-bond donors (Lipinski definition) is 2. The number of ether oxygens (including phenoxy) is 1. The molecule has 22 heteroatoms. The molecule has 0 saturated heterocycles. The number of carbonyl (C=O) groups is 1. The lowest BCUT2D eigenvalue weighted by Gasteiger charge is -2.71. The lowest BCUT2D eigenvalue weighted by molar-refractivity contribution is -0.583. The summed E-state index contributed by atoms with van der Waals surface area (Å²) in [6.07, 6.45) is -14.9. The number of rotatable bonds is 4.